The van der Waals surface area contributed by atoms with Crippen LogP contribution in [0.15, 0.2) is 61.3 Å². The van der Waals surface area contributed by atoms with Crippen molar-refractivity contribution in [2.24, 2.45) is 0 Å². The molecule has 11 nitrogen and oxygen atoms in total. The molecule has 4 amide bonds. The molecule has 13 heteroatoms. The van der Waals surface area contributed by atoms with Gasteiger partial charge in [0.2, 0.25) is 11.8 Å². The summed E-state index contributed by atoms with van der Waals surface area (Å²) in [6.07, 6.45) is 6.98. The molecule has 0 radical (unpaired) electrons. The molecule has 216 valence electrons. The van der Waals surface area contributed by atoms with Crippen LogP contribution < -0.4 is 16.0 Å². The second kappa shape index (κ2) is 12.4. The summed E-state index contributed by atoms with van der Waals surface area (Å²) in [7, 11) is 0. The van der Waals surface area contributed by atoms with Gasteiger partial charge in [-0.05, 0) is 44.0 Å². The average Bonchev–Trinajstić information content (AvgIpc) is 3.60. The number of fused-ring (bicyclic) bond motifs is 1. The summed E-state index contributed by atoms with van der Waals surface area (Å²) in [5.74, 6) is -1.47. The Morgan fingerprint density at radius 2 is 1.83 bits per heavy atom. The molecule has 3 heterocycles. The summed E-state index contributed by atoms with van der Waals surface area (Å²) < 4.78 is 15.9. The molecule has 5 rings (SSSR count). The molecule has 1 atom stereocenters. The minimum Gasteiger partial charge on any atom is -0.350 e. The molecule has 3 N–H and O–H groups in total. The van der Waals surface area contributed by atoms with Crippen molar-refractivity contribution in [1.82, 2.24) is 24.8 Å². The standard InChI is InChI=1S/C29H27ClFN7O4/c1-17(39)22-14-37(24-8-7-19(10-21(22)24)35-29(42)36-20-12-32-16-33-13-20)15-26(40)38-9-3-6-25(38)28(41)34-11-18-4-2-5-23(30)27(18)31/h2,4-5,7-8,10,12-14,16,25H,3,6,9,11,15H2,1H3,(H,34,41)(H2,35,36,42)/t25-/m0/s1. The molecular weight excluding hydrogens is 565 g/mol. The summed E-state index contributed by atoms with van der Waals surface area (Å²) in [6.45, 7) is 1.67. The van der Waals surface area contributed by atoms with Crippen molar-refractivity contribution in [3.05, 3.63) is 83.3 Å². The number of amides is 4. The van der Waals surface area contributed by atoms with Gasteiger partial charge in [-0.3, -0.25) is 14.4 Å². The first-order chi connectivity index (χ1) is 20.2. The van der Waals surface area contributed by atoms with Crippen LogP contribution in [0.25, 0.3) is 10.9 Å². The molecule has 1 aliphatic rings. The number of aromatic nitrogens is 3. The van der Waals surface area contributed by atoms with Gasteiger partial charge in [-0.15, -0.1) is 0 Å². The zero-order valence-corrected chi connectivity index (χ0v) is 23.3. The summed E-state index contributed by atoms with van der Waals surface area (Å²) in [5.41, 5.74) is 2.11. The molecule has 0 unspecified atom stereocenters. The average molecular weight is 592 g/mol. The quantitative estimate of drug-likeness (QED) is 0.260. The molecule has 1 fully saturated rings. The smallest absolute Gasteiger partial charge is 0.323 e. The minimum absolute atomic E-state index is 0.0308. The van der Waals surface area contributed by atoms with E-state index >= 15 is 0 Å². The van der Waals surface area contributed by atoms with Crippen LogP contribution in [-0.2, 0) is 22.7 Å². The summed E-state index contributed by atoms with van der Waals surface area (Å²) >= 11 is 5.83. The minimum atomic E-state index is -0.696. The SMILES string of the molecule is CC(=O)c1cn(CC(=O)N2CCC[C@H]2C(=O)NCc2cccc(Cl)c2F)c2ccc(NC(=O)Nc3cncnc3)cc12. The number of rotatable bonds is 8. The van der Waals surface area contributed by atoms with Crippen molar-refractivity contribution in [2.75, 3.05) is 17.2 Å². The fourth-order valence-corrected chi connectivity index (χ4v) is 5.20. The second-order valence-corrected chi connectivity index (χ2v) is 10.2. The molecule has 2 aromatic heterocycles. The van der Waals surface area contributed by atoms with Crippen molar-refractivity contribution in [3.63, 3.8) is 0 Å². The maximum atomic E-state index is 14.2. The Hall–Kier alpha value is -4.84. The van der Waals surface area contributed by atoms with E-state index in [1.165, 1.54) is 42.7 Å². The zero-order chi connectivity index (χ0) is 29.8. The highest BCUT2D eigenvalue weighted by atomic mass is 35.5. The van der Waals surface area contributed by atoms with E-state index in [2.05, 4.69) is 25.9 Å². The lowest BCUT2D eigenvalue weighted by molar-refractivity contribution is -0.138. The Labute approximate surface area is 245 Å². The third kappa shape index (κ3) is 6.23. The van der Waals surface area contributed by atoms with Crippen molar-refractivity contribution < 1.29 is 23.6 Å². The monoisotopic (exact) mass is 591 g/mol. The Kier molecular flexibility index (Phi) is 8.43. The molecular formula is C29H27ClFN7O4. The number of urea groups is 1. The largest absolute Gasteiger partial charge is 0.350 e. The van der Waals surface area contributed by atoms with Gasteiger partial charge in [0.1, 0.15) is 24.7 Å². The number of hydrogen-bond donors (Lipinski definition) is 3. The van der Waals surface area contributed by atoms with Crippen LogP contribution >= 0.6 is 11.6 Å². The van der Waals surface area contributed by atoms with Gasteiger partial charge in [0.25, 0.3) is 0 Å². The van der Waals surface area contributed by atoms with Gasteiger partial charge in [-0.1, -0.05) is 23.7 Å². The summed E-state index contributed by atoms with van der Waals surface area (Å²) in [4.78, 5) is 60.5. The molecule has 0 aliphatic carbocycles. The maximum absolute atomic E-state index is 14.2. The Morgan fingerprint density at radius 3 is 2.60 bits per heavy atom. The van der Waals surface area contributed by atoms with Crippen molar-refractivity contribution in [3.8, 4) is 0 Å². The molecule has 1 aliphatic heterocycles. The van der Waals surface area contributed by atoms with Gasteiger partial charge < -0.3 is 25.4 Å². The molecule has 0 spiro atoms. The Balaban J connectivity index is 1.29. The van der Waals surface area contributed by atoms with E-state index < -0.39 is 17.9 Å². The van der Waals surface area contributed by atoms with Crippen LogP contribution in [0.1, 0.15) is 35.7 Å². The highest BCUT2D eigenvalue weighted by molar-refractivity contribution is 6.30. The zero-order valence-electron chi connectivity index (χ0n) is 22.6. The van der Waals surface area contributed by atoms with E-state index in [9.17, 15) is 23.6 Å². The predicted molar refractivity (Wildman–Crippen MR) is 155 cm³/mol. The number of ketones is 1. The lowest BCUT2D eigenvalue weighted by atomic mass is 10.1. The lowest BCUT2D eigenvalue weighted by Gasteiger charge is -2.24. The number of hydrogen-bond acceptors (Lipinski definition) is 6. The highest BCUT2D eigenvalue weighted by Crippen LogP contribution is 2.27. The van der Waals surface area contributed by atoms with Gasteiger partial charge in [0.15, 0.2) is 5.78 Å². The van der Waals surface area contributed by atoms with E-state index in [-0.39, 0.29) is 41.3 Å². The topological polar surface area (TPSA) is 138 Å². The van der Waals surface area contributed by atoms with Gasteiger partial charge in [0.05, 0.1) is 23.1 Å². The van der Waals surface area contributed by atoms with E-state index in [4.69, 9.17) is 11.6 Å². The first-order valence-corrected chi connectivity index (χ1v) is 13.6. The molecule has 1 saturated heterocycles. The van der Waals surface area contributed by atoms with Gasteiger partial charge in [-0.2, -0.15) is 0 Å². The summed E-state index contributed by atoms with van der Waals surface area (Å²) in [5, 5.41) is 8.58. The third-order valence-electron chi connectivity index (χ3n) is 7.00. The first kappa shape index (κ1) is 28.7. The molecule has 2 aromatic carbocycles. The van der Waals surface area contributed by atoms with Crippen LogP contribution in [0.3, 0.4) is 0 Å². The maximum Gasteiger partial charge on any atom is 0.323 e. The molecule has 4 aromatic rings. The second-order valence-electron chi connectivity index (χ2n) is 9.84. The number of benzene rings is 2. The third-order valence-corrected chi connectivity index (χ3v) is 7.29. The van der Waals surface area contributed by atoms with Crippen LogP contribution in [-0.4, -0.2) is 55.7 Å². The number of carbonyl (C=O) groups excluding carboxylic acids is 4. The van der Waals surface area contributed by atoms with E-state index in [1.54, 1.807) is 35.0 Å². The first-order valence-electron chi connectivity index (χ1n) is 13.2. The number of nitrogens with one attached hydrogen (secondary N) is 3. The van der Waals surface area contributed by atoms with Crippen molar-refractivity contribution >= 4 is 57.5 Å². The van der Waals surface area contributed by atoms with E-state index in [1.807, 2.05) is 0 Å². The van der Waals surface area contributed by atoms with Crippen molar-refractivity contribution in [2.45, 2.75) is 38.9 Å². The fraction of sp³-hybridized carbons (Fsp3) is 0.241. The number of anilines is 2. The van der Waals surface area contributed by atoms with Crippen LogP contribution in [0.4, 0.5) is 20.6 Å². The van der Waals surface area contributed by atoms with E-state index in [0.29, 0.717) is 47.2 Å². The van der Waals surface area contributed by atoms with Gasteiger partial charge in [0, 0.05) is 47.0 Å². The number of likely N-dealkylation sites (tertiary alicyclic amines) is 1. The number of nitrogens with zero attached hydrogens (tertiary/aromatic N) is 4. The highest BCUT2D eigenvalue weighted by Gasteiger charge is 2.34. The Morgan fingerprint density at radius 1 is 1.07 bits per heavy atom. The van der Waals surface area contributed by atoms with Crippen LogP contribution in [0.2, 0.25) is 5.02 Å². The number of Topliss-reactive ketones (excluding diaryl/α,β-unsaturated/α-hetero) is 1. The molecule has 42 heavy (non-hydrogen) atoms. The molecule has 0 saturated carbocycles. The normalized spacial score (nSPS) is 14.5. The fourth-order valence-electron chi connectivity index (χ4n) is 5.00. The Bertz CT molecular complexity index is 1680. The van der Waals surface area contributed by atoms with Crippen LogP contribution in [0, 0.1) is 5.82 Å². The predicted octanol–water partition coefficient (Wildman–Crippen LogP) is 4.38. The van der Waals surface area contributed by atoms with Crippen LogP contribution in [0.5, 0.6) is 0 Å². The number of carbonyl (C=O) groups is 4. The van der Waals surface area contributed by atoms with Gasteiger partial charge in [-0.25, -0.2) is 19.2 Å². The molecule has 0 bridgehead atoms. The van der Waals surface area contributed by atoms with Crippen molar-refractivity contribution in [1.29, 1.82) is 0 Å². The summed E-state index contributed by atoms with van der Waals surface area (Å²) in [6, 6.07) is 8.39. The van der Waals surface area contributed by atoms with Gasteiger partial charge >= 0.3 is 6.03 Å². The van der Waals surface area contributed by atoms with E-state index in [0.717, 1.165) is 0 Å². The number of halogens is 2. The lowest BCUT2D eigenvalue weighted by Crippen LogP contribution is -2.46.